The maximum absolute atomic E-state index is 3.84. The molecular weight excluding hydrogens is 164 g/mol. The van der Waals surface area contributed by atoms with E-state index in [4.69, 9.17) is 0 Å². The largest absolute Gasteiger partial charge is 0.297 e. The minimum Gasteiger partial charge on any atom is -0.297 e. The maximum atomic E-state index is 3.84. The van der Waals surface area contributed by atoms with Crippen molar-refractivity contribution in [2.75, 3.05) is 27.2 Å². The second-order valence-corrected chi connectivity index (χ2v) is 4.97. The Hall–Kier alpha value is -0.123. The van der Waals surface area contributed by atoms with Gasteiger partial charge in [-0.1, -0.05) is 13.8 Å². The summed E-state index contributed by atoms with van der Waals surface area (Å²) in [5, 5.41) is 0. The predicted octanol–water partition coefficient (Wildman–Crippen LogP) is 0.486. The van der Waals surface area contributed by atoms with Crippen molar-refractivity contribution in [1.29, 1.82) is 0 Å². The number of hydrogen-bond acceptors (Lipinski definition) is 2. The molecule has 0 aliphatic rings. The van der Waals surface area contributed by atoms with Gasteiger partial charge in [0.2, 0.25) is 0 Å². The van der Waals surface area contributed by atoms with E-state index in [1.54, 1.807) is 0 Å². The van der Waals surface area contributed by atoms with Crippen molar-refractivity contribution in [2.45, 2.75) is 19.6 Å². The molecule has 0 aromatic carbocycles. The number of rotatable bonds is 6. The lowest BCUT2D eigenvalue weighted by Crippen LogP contribution is -2.48. The van der Waals surface area contributed by atoms with E-state index in [1.807, 2.05) is 0 Å². The van der Waals surface area contributed by atoms with Gasteiger partial charge in [-0.05, 0) is 27.2 Å². The van der Waals surface area contributed by atoms with Gasteiger partial charge in [0.25, 0.3) is 0 Å². The Bertz CT molecular complexity index is 122. The molecule has 0 amide bonds. The second kappa shape index (κ2) is 6.40. The minimum atomic E-state index is -0.165. The molecule has 0 rings (SSSR count). The summed E-state index contributed by atoms with van der Waals surface area (Å²) in [6, 6.07) is 0. The SMILES string of the molecule is C=C[SiH2]C(N(C)C)N(CC)CC. The molecule has 3 heteroatoms. The van der Waals surface area contributed by atoms with Crippen LogP contribution in [0.3, 0.4) is 0 Å². The van der Waals surface area contributed by atoms with Crippen LogP contribution in [-0.4, -0.2) is 52.3 Å². The molecule has 0 aromatic heterocycles. The topological polar surface area (TPSA) is 6.48 Å². The Morgan fingerprint density at radius 3 is 2.08 bits per heavy atom. The van der Waals surface area contributed by atoms with Gasteiger partial charge in [0.15, 0.2) is 0 Å². The zero-order valence-electron chi connectivity index (χ0n) is 8.88. The molecule has 2 nitrogen and oxygen atoms in total. The van der Waals surface area contributed by atoms with Crippen molar-refractivity contribution in [1.82, 2.24) is 9.80 Å². The van der Waals surface area contributed by atoms with Gasteiger partial charge in [-0.15, -0.1) is 12.3 Å². The summed E-state index contributed by atoms with van der Waals surface area (Å²) in [5.41, 5.74) is 2.13. The lowest BCUT2D eigenvalue weighted by atomic mass is 10.5. The molecule has 0 aromatic rings. The summed E-state index contributed by atoms with van der Waals surface area (Å²) in [6.45, 7) is 10.6. The molecule has 12 heavy (non-hydrogen) atoms. The summed E-state index contributed by atoms with van der Waals surface area (Å²) in [5.74, 6) is 0.650. The van der Waals surface area contributed by atoms with Crippen LogP contribution in [0.5, 0.6) is 0 Å². The standard InChI is InChI=1S/C9H22N2Si/c1-6-11(7-2)9(10(4)5)12-8-3/h8-9H,3,6-7,12H2,1-2,4-5H3. The highest BCUT2D eigenvalue weighted by Crippen LogP contribution is 2.00. The zero-order valence-corrected chi connectivity index (χ0v) is 10.3. The molecule has 0 fully saturated rings. The zero-order chi connectivity index (χ0) is 9.56. The van der Waals surface area contributed by atoms with Crippen LogP contribution in [-0.2, 0) is 0 Å². The summed E-state index contributed by atoms with van der Waals surface area (Å²) >= 11 is 0. The van der Waals surface area contributed by atoms with Crippen LogP contribution in [0.15, 0.2) is 12.3 Å². The van der Waals surface area contributed by atoms with Gasteiger partial charge in [-0.25, -0.2) is 0 Å². The highest BCUT2D eigenvalue weighted by molar-refractivity contribution is 6.43. The second-order valence-electron chi connectivity index (χ2n) is 3.19. The molecule has 0 bridgehead atoms. The summed E-state index contributed by atoms with van der Waals surface area (Å²) in [7, 11) is 4.14. The third-order valence-corrected chi connectivity index (χ3v) is 4.21. The number of hydrogen-bond donors (Lipinski definition) is 0. The third kappa shape index (κ3) is 3.52. The van der Waals surface area contributed by atoms with Crippen molar-refractivity contribution >= 4 is 9.52 Å². The quantitative estimate of drug-likeness (QED) is 0.440. The van der Waals surface area contributed by atoms with Crippen LogP contribution in [0.2, 0.25) is 0 Å². The van der Waals surface area contributed by atoms with E-state index in [-0.39, 0.29) is 9.52 Å². The Labute approximate surface area is 79.1 Å². The molecule has 0 spiro atoms. The molecule has 0 N–H and O–H groups in total. The lowest BCUT2D eigenvalue weighted by Gasteiger charge is -2.33. The van der Waals surface area contributed by atoms with Crippen LogP contribution in [0.4, 0.5) is 0 Å². The van der Waals surface area contributed by atoms with Crippen molar-refractivity contribution in [3.63, 3.8) is 0 Å². The molecule has 1 unspecified atom stereocenters. The fraction of sp³-hybridized carbons (Fsp3) is 0.778. The fourth-order valence-electron chi connectivity index (χ4n) is 1.48. The third-order valence-electron chi connectivity index (χ3n) is 2.21. The molecule has 0 aliphatic carbocycles. The first-order chi connectivity index (χ1) is 5.67. The Morgan fingerprint density at radius 2 is 1.83 bits per heavy atom. The van der Waals surface area contributed by atoms with Crippen molar-refractivity contribution in [3.05, 3.63) is 12.3 Å². The molecule has 1 atom stereocenters. The van der Waals surface area contributed by atoms with E-state index in [0.717, 1.165) is 13.1 Å². The van der Waals surface area contributed by atoms with Crippen LogP contribution >= 0.6 is 0 Å². The molecule has 0 radical (unpaired) electrons. The maximum Gasteiger partial charge on any atom is 0.0823 e. The Morgan fingerprint density at radius 1 is 1.33 bits per heavy atom. The molecular formula is C9H22N2Si. The van der Waals surface area contributed by atoms with Crippen LogP contribution in [0, 0.1) is 0 Å². The average Bonchev–Trinajstić information content (AvgIpc) is 2.05. The van der Waals surface area contributed by atoms with E-state index >= 15 is 0 Å². The first-order valence-electron chi connectivity index (χ1n) is 4.68. The van der Waals surface area contributed by atoms with E-state index in [9.17, 15) is 0 Å². The summed E-state index contributed by atoms with van der Waals surface area (Å²) in [6.07, 6.45) is 0. The smallest absolute Gasteiger partial charge is 0.0823 e. The molecule has 0 aliphatic heterocycles. The minimum absolute atomic E-state index is 0.165. The van der Waals surface area contributed by atoms with Gasteiger partial charge in [0.1, 0.15) is 0 Å². The molecule has 0 saturated heterocycles. The van der Waals surface area contributed by atoms with Crippen molar-refractivity contribution in [3.8, 4) is 0 Å². The molecule has 0 saturated carbocycles. The highest BCUT2D eigenvalue weighted by atomic mass is 28.2. The van der Waals surface area contributed by atoms with E-state index < -0.39 is 0 Å². The van der Waals surface area contributed by atoms with E-state index in [1.165, 1.54) is 0 Å². The lowest BCUT2D eigenvalue weighted by molar-refractivity contribution is 0.153. The first kappa shape index (κ1) is 11.9. The van der Waals surface area contributed by atoms with Crippen LogP contribution in [0.25, 0.3) is 0 Å². The molecule has 0 heterocycles. The van der Waals surface area contributed by atoms with Gasteiger partial charge >= 0.3 is 0 Å². The van der Waals surface area contributed by atoms with Gasteiger partial charge < -0.3 is 0 Å². The monoisotopic (exact) mass is 186 g/mol. The first-order valence-corrected chi connectivity index (χ1v) is 6.32. The Kier molecular flexibility index (Phi) is 6.33. The predicted molar refractivity (Wildman–Crippen MR) is 59.1 cm³/mol. The average molecular weight is 186 g/mol. The van der Waals surface area contributed by atoms with Gasteiger partial charge in [0.05, 0.1) is 9.52 Å². The van der Waals surface area contributed by atoms with Crippen LogP contribution < -0.4 is 0 Å². The van der Waals surface area contributed by atoms with E-state index in [2.05, 4.69) is 50.0 Å². The number of nitrogens with zero attached hydrogens (tertiary/aromatic N) is 2. The normalized spacial score (nSPS) is 14.8. The summed E-state index contributed by atoms with van der Waals surface area (Å²) in [4.78, 5) is 4.80. The molecule has 72 valence electrons. The highest BCUT2D eigenvalue weighted by Gasteiger charge is 2.15. The summed E-state index contributed by atoms with van der Waals surface area (Å²) < 4.78 is 0. The Balaban J connectivity index is 4.14. The fourth-order valence-corrected chi connectivity index (χ4v) is 3.01. The van der Waals surface area contributed by atoms with Gasteiger partial charge in [-0.3, -0.25) is 9.80 Å². The van der Waals surface area contributed by atoms with Gasteiger partial charge in [0, 0.05) is 5.79 Å². The van der Waals surface area contributed by atoms with Crippen molar-refractivity contribution < 1.29 is 0 Å². The van der Waals surface area contributed by atoms with Crippen LogP contribution in [0.1, 0.15) is 13.8 Å². The van der Waals surface area contributed by atoms with E-state index in [0.29, 0.717) is 5.79 Å². The van der Waals surface area contributed by atoms with Crippen molar-refractivity contribution in [2.24, 2.45) is 0 Å². The van der Waals surface area contributed by atoms with Gasteiger partial charge in [-0.2, -0.15) is 0 Å².